The fourth-order valence-electron chi connectivity index (χ4n) is 2.48. The summed E-state index contributed by atoms with van der Waals surface area (Å²) in [5, 5.41) is 3.71. The molecule has 2 aromatic carbocycles. The average molecular weight is 286 g/mol. The number of rotatable bonds is 4. The summed E-state index contributed by atoms with van der Waals surface area (Å²) in [6, 6.07) is 17.8. The Morgan fingerprint density at radius 1 is 1.10 bits per heavy atom. The van der Waals surface area contributed by atoms with Crippen molar-refractivity contribution in [3.63, 3.8) is 0 Å². The molecule has 0 heterocycles. The van der Waals surface area contributed by atoms with Gasteiger partial charge in [-0.1, -0.05) is 54.1 Å². The molecule has 0 bridgehead atoms. The number of hydrogen-bond acceptors (Lipinski definition) is 1. The SMILES string of the molecule is O=C(NCc1ccc(Cl)cc1)[C@@H]1C[C@@H]1c1ccccc1. The summed E-state index contributed by atoms with van der Waals surface area (Å²) in [6.07, 6.45) is 0.955. The maximum Gasteiger partial charge on any atom is 0.224 e. The molecule has 0 aromatic heterocycles. The first-order valence-corrected chi connectivity index (χ1v) is 7.19. The Bertz CT molecular complexity index is 594. The molecule has 2 nitrogen and oxygen atoms in total. The van der Waals surface area contributed by atoms with Crippen molar-refractivity contribution in [2.45, 2.75) is 18.9 Å². The van der Waals surface area contributed by atoms with Crippen LogP contribution in [0.3, 0.4) is 0 Å². The molecule has 3 heteroatoms. The van der Waals surface area contributed by atoms with Gasteiger partial charge in [-0.15, -0.1) is 0 Å². The maximum absolute atomic E-state index is 12.1. The van der Waals surface area contributed by atoms with E-state index >= 15 is 0 Å². The highest BCUT2D eigenvalue weighted by molar-refractivity contribution is 6.30. The zero-order valence-electron chi connectivity index (χ0n) is 11.1. The summed E-state index contributed by atoms with van der Waals surface area (Å²) >= 11 is 5.83. The molecule has 1 aliphatic carbocycles. The summed E-state index contributed by atoms with van der Waals surface area (Å²) in [6.45, 7) is 0.564. The molecular weight excluding hydrogens is 270 g/mol. The van der Waals surface area contributed by atoms with E-state index in [1.807, 2.05) is 42.5 Å². The maximum atomic E-state index is 12.1. The predicted molar refractivity (Wildman–Crippen MR) is 80.6 cm³/mol. The molecule has 0 radical (unpaired) electrons. The number of nitrogens with one attached hydrogen (secondary N) is 1. The van der Waals surface area contributed by atoms with Crippen LogP contribution >= 0.6 is 11.6 Å². The van der Waals surface area contributed by atoms with E-state index < -0.39 is 0 Å². The zero-order valence-corrected chi connectivity index (χ0v) is 11.8. The van der Waals surface area contributed by atoms with Gasteiger partial charge in [-0.05, 0) is 35.6 Å². The van der Waals surface area contributed by atoms with Crippen molar-refractivity contribution in [1.29, 1.82) is 0 Å². The van der Waals surface area contributed by atoms with E-state index in [2.05, 4.69) is 17.4 Å². The molecule has 0 aliphatic heterocycles. The van der Waals surface area contributed by atoms with Gasteiger partial charge in [0.15, 0.2) is 0 Å². The van der Waals surface area contributed by atoms with E-state index in [9.17, 15) is 4.79 Å². The number of hydrogen-bond donors (Lipinski definition) is 1. The Morgan fingerprint density at radius 3 is 2.50 bits per heavy atom. The highest BCUT2D eigenvalue weighted by Gasteiger charge is 2.43. The first-order chi connectivity index (χ1) is 9.74. The fourth-order valence-corrected chi connectivity index (χ4v) is 2.60. The lowest BCUT2D eigenvalue weighted by Crippen LogP contribution is -2.24. The summed E-state index contributed by atoms with van der Waals surface area (Å²) in [5.41, 5.74) is 2.33. The third-order valence-electron chi connectivity index (χ3n) is 3.73. The van der Waals surface area contributed by atoms with Crippen molar-refractivity contribution in [2.75, 3.05) is 0 Å². The van der Waals surface area contributed by atoms with Gasteiger partial charge in [-0.2, -0.15) is 0 Å². The van der Waals surface area contributed by atoms with Crippen molar-refractivity contribution in [3.8, 4) is 0 Å². The van der Waals surface area contributed by atoms with Gasteiger partial charge in [0.2, 0.25) is 5.91 Å². The molecule has 1 fully saturated rings. The molecule has 0 saturated heterocycles. The van der Waals surface area contributed by atoms with Crippen LogP contribution in [0.25, 0.3) is 0 Å². The summed E-state index contributed by atoms with van der Waals surface area (Å²) in [7, 11) is 0. The smallest absolute Gasteiger partial charge is 0.224 e. The van der Waals surface area contributed by atoms with E-state index in [-0.39, 0.29) is 11.8 Å². The minimum atomic E-state index is 0.129. The molecule has 2 aromatic rings. The molecule has 20 heavy (non-hydrogen) atoms. The quantitative estimate of drug-likeness (QED) is 0.910. The summed E-state index contributed by atoms with van der Waals surface area (Å²) in [5.74, 6) is 0.667. The lowest BCUT2D eigenvalue weighted by molar-refractivity contribution is -0.122. The summed E-state index contributed by atoms with van der Waals surface area (Å²) < 4.78 is 0. The third-order valence-corrected chi connectivity index (χ3v) is 3.99. The Kier molecular flexibility index (Phi) is 3.75. The van der Waals surface area contributed by atoms with Gasteiger partial charge in [0, 0.05) is 17.5 Å². The second kappa shape index (κ2) is 5.68. The first-order valence-electron chi connectivity index (χ1n) is 6.81. The summed E-state index contributed by atoms with van der Waals surface area (Å²) in [4.78, 5) is 12.1. The van der Waals surface area contributed by atoms with Crippen LogP contribution in [0.5, 0.6) is 0 Å². The van der Waals surface area contributed by atoms with Gasteiger partial charge in [-0.3, -0.25) is 4.79 Å². The second-order valence-electron chi connectivity index (χ2n) is 5.20. The molecule has 1 saturated carbocycles. The normalized spacial score (nSPS) is 20.4. The molecule has 3 rings (SSSR count). The highest BCUT2D eigenvalue weighted by Crippen LogP contribution is 2.47. The first kappa shape index (κ1) is 13.2. The molecule has 2 atom stereocenters. The Balaban J connectivity index is 1.53. The van der Waals surface area contributed by atoms with E-state index in [0.29, 0.717) is 17.5 Å². The zero-order chi connectivity index (χ0) is 13.9. The van der Waals surface area contributed by atoms with Crippen molar-refractivity contribution in [1.82, 2.24) is 5.32 Å². The number of carbonyl (C=O) groups is 1. The van der Waals surface area contributed by atoms with Gasteiger partial charge < -0.3 is 5.32 Å². The van der Waals surface area contributed by atoms with Gasteiger partial charge >= 0.3 is 0 Å². The average Bonchev–Trinajstić information content (AvgIpc) is 3.28. The minimum Gasteiger partial charge on any atom is -0.352 e. The molecule has 1 aliphatic rings. The van der Waals surface area contributed by atoms with Gasteiger partial charge in [0.25, 0.3) is 0 Å². The highest BCUT2D eigenvalue weighted by atomic mass is 35.5. The fraction of sp³-hybridized carbons (Fsp3) is 0.235. The third kappa shape index (κ3) is 3.02. The molecule has 1 amide bonds. The number of amides is 1. The standard InChI is InChI=1S/C17H16ClNO/c18-14-8-6-12(7-9-14)11-19-17(20)16-10-15(16)13-4-2-1-3-5-13/h1-9,15-16H,10-11H2,(H,19,20)/t15-,16-/m1/s1. The van der Waals surface area contributed by atoms with Crippen LogP contribution in [0, 0.1) is 5.92 Å². The van der Waals surface area contributed by atoms with E-state index in [1.54, 1.807) is 0 Å². The van der Waals surface area contributed by atoms with E-state index in [0.717, 1.165) is 12.0 Å². The largest absolute Gasteiger partial charge is 0.352 e. The van der Waals surface area contributed by atoms with Crippen LogP contribution in [0.4, 0.5) is 0 Å². The van der Waals surface area contributed by atoms with Gasteiger partial charge in [0.05, 0.1) is 0 Å². The molecular formula is C17H16ClNO. The van der Waals surface area contributed by atoms with E-state index in [4.69, 9.17) is 11.6 Å². The Hall–Kier alpha value is -1.80. The van der Waals surface area contributed by atoms with Crippen LogP contribution in [-0.4, -0.2) is 5.91 Å². The number of halogens is 1. The predicted octanol–water partition coefficient (Wildman–Crippen LogP) is 3.76. The van der Waals surface area contributed by atoms with Crippen LogP contribution < -0.4 is 5.32 Å². The minimum absolute atomic E-state index is 0.129. The van der Waals surface area contributed by atoms with Gasteiger partial charge in [-0.25, -0.2) is 0 Å². The van der Waals surface area contributed by atoms with Gasteiger partial charge in [0.1, 0.15) is 0 Å². The number of benzene rings is 2. The lowest BCUT2D eigenvalue weighted by atomic mass is 10.1. The number of carbonyl (C=O) groups excluding carboxylic acids is 1. The van der Waals surface area contributed by atoms with Crippen molar-refractivity contribution in [3.05, 3.63) is 70.7 Å². The van der Waals surface area contributed by atoms with Crippen molar-refractivity contribution in [2.24, 2.45) is 5.92 Å². The van der Waals surface area contributed by atoms with Crippen molar-refractivity contribution >= 4 is 17.5 Å². The topological polar surface area (TPSA) is 29.1 Å². The van der Waals surface area contributed by atoms with E-state index in [1.165, 1.54) is 5.56 Å². The van der Waals surface area contributed by atoms with Crippen molar-refractivity contribution < 1.29 is 4.79 Å². The second-order valence-corrected chi connectivity index (χ2v) is 5.64. The monoisotopic (exact) mass is 285 g/mol. The van der Waals surface area contributed by atoms with Crippen LogP contribution in [-0.2, 0) is 11.3 Å². The Morgan fingerprint density at radius 2 is 1.80 bits per heavy atom. The lowest BCUT2D eigenvalue weighted by Gasteiger charge is -2.05. The molecule has 1 N–H and O–H groups in total. The Labute approximate surface area is 123 Å². The molecule has 102 valence electrons. The van der Waals surface area contributed by atoms with Crippen LogP contribution in [0.1, 0.15) is 23.5 Å². The van der Waals surface area contributed by atoms with Crippen LogP contribution in [0.2, 0.25) is 5.02 Å². The van der Waals surface area contributed by atoms with Crippen LogP contribution in [0.15, 0.2) is 54.6 Å². The molecule has 0 unspecified atom stereocenters. The molecule has 0 spiro atoms.